The fourth-order valence-corrected chi connectivity index (χ4v) is 3.97. The molecule has 1 atom stereocenters. The zero-order valence-electron chi connectivity index (χ0n) is 14.8. The summed E-state index contributed by atoms with van der Waals surface area (Å²) in [5.41, 5.74) is 2.32. The highest BCUT2D eigenvalue weighted by molar-refractivity contribution is 6.32. The number of ether oxygens (including phenoxy) is 1. The van der Waals surface area contributed by atoms with Crippen LogP contribution >= 0.6 is 11.6 Å². The van der Waals surface area contributed by atoms with Gasteiger partial charge in [-0.05, 0) is 36.1 Å². The van der Waals surface area contributed by atoms with E-state index >= 15 is 0 Å². The highest BCUT2D eigenvalue weighted by Gasteiger charge is 2.27. The predicted octanol–water partition coefficient (Wildman–Crippen LogP) is 4.84. The van der Waals surface area contributed by atoms with E-state index in [2.05, 4.69) is 22.8 Å². The van der Waals surface area contributed by atoms with Crippen molar-refractivity contribution in [1.82, 2.24) is 9.47 Å². The number of rotatable bonds is 4. The quantitative estimate of drug-likeness (QED) is 0.700. The normalized spacial score (nSPS) is 16.8. The first-order valence-corrected chi connectivity index (χ1v) is 9.44. The number of hydrogen-bond donors (Lipinski definition) is 1. The van der Waals surface area contributed by atoms with Gasteiger partial charge in [0.2, 0.25) is 0 Å². The Hall–Kier alpha value is -2.66. The van der Waals surface area contributed by atoms with Crippen molar-refractivity contribution in [2.45, 2.75) is 18.9 Å². The van der Waals surface area contributed by atoms with E-state index in [1.54, 1.807) is 6.07 Å². The monoisotopic (exact) mass is 384 g/mol. The molecule has 0 saturated heterocycles. The second-order valence-electron chi connectivity index (χ2n) is 6.77. The number of para-hydroxylation sites is 2. The van der Waals surface area contributed by atoms with Crippen molar-refractivity contribution >= 4 is 28.6 Å². The Balaban J connectivity index is 1.58. The van der Waals surface area contributed by atoms with Crippen LogP contribution in [0.4, 0.5) is 4.79 Å². The average molecular weight is 385 g/mol. The van der Waals surface area contributed by atoms with Crippen LogP contribution in [0.2, 0.25) is 5.02 Å². The van der Waals surface area contributed by atoms with Gasteiger partial charge in [0.25, 0.3) is 0 Å². The lowest BCUT2D eigenvalue weighted by Crippen LogP contribution is -2.33. The molecule has 3 aromatic rings. The fourth-order valence-electron chi connectivity index (χ4n) is 3.78. The number of fused-ring (bicyclic) bond motifs is 3. The first-order chi connectivity index (χ1) is 13.1. The van der Waals surface area contributed by atoms with Crippen molar-refractivity contribution in [2.24, 2.45) is 0 Å². The summed E-state index contributed by atoms with van der Waals surface area (Å²) in [4.78, 5) is 13.1. The van der Waals surface area contributed by atoms with Crippen LogP contribution in [0.1, 0.15) is 18.0 Å². The van der Waals surface area contributed by atoms with Gasteiger partial charge in [-0.2, -0.15) is 0 Å². The van der Waals surface area contributed by atoms with E-state index in [1.165, 1.54) is 16.0 Å². The summed E-state index contributed by atoms with van der Waals surface area (Å²) in [6.07, 6.45) is -0.159. The zero-order chi connectivity index (χ0) is 18.8. The highest BCUT2D eigenvalue weighted by Crippen LogP contribution is 2.31. The van der Waals surface area contributed by atoms with Gasteiger partial charge < -0.3 is 19.3 Å². The number of aromatic nitrogens is 1. The van der Waals surface area contributed by atoms with Crippen LogP contribution in [0.5, 0.6) is 5.75 Å². The van der Waals surface area contributed by atoms with Crippen molar-refractivity contribution in [3.05, 3.63) is 65.3 Å². The summed E-state index contributed by atoms with van der Waals surface area (Å²) in [6.45, 7) is 2.10. The summed E-state index contributed by atoms with van der Waals surface area (Å²) in [5.74, 6) is 0.724. The SMILES string of the molecule is O=C(O)N1CCn2c(cc3ccccc32)C(CCOc2ccccc2Cl)C1. The number of carboxylic acid groups (broad SMARTS) is 1. The Bertz CT molecular complexity index is 969. The van der Waals surface area contributed by atoms with E-state index in [0.717, 1.165) is 5.52 Å². The average Bonchev–Trinajstić information content (AvgIpc) is 2.93. The lowest BCUT2D eigenvalue weighted by molar-refractivity contribution is 0.141. The van der Waals surface area contributed by atoms with Gasteiger partial charge >= 0.3 is 6.09 Å². The Morgan fingerprint density at radius 2 is 1.93 bits per heavy atom. The third kappa shape index (κ3) is 3.60. The van der Waals surface area contributed by atoms with E-state index in [0.29, 0.717) is 43.4 Å². The molecule has 1 aliphatic rings. The summed E-state index contributed by atoms with van der Waals surface area (Å²) in [5, 5.41) is 11.3. The molecule has 1 N–H and O–H groups in total. The minimum Gasteiger partial charge on any atom is -0.492 e. The molecule has 0 aliphatic carbocycles. The van der Waals surface area contributed by atoms with Gasteiger partial charge in [-0.15, -0.1) is 0 Å². The molecular formula is C21H21ClN2O3. The van der Waals surface area contributed by atoms with Crippen molar-refractivity contribution in [3.63, 3.8) is 0 Å². The van der Waals surface area contributed by atoms with Crippen molar-refractivity contribution in [3.8, 4) is 5.75 Å². The molecule has 1 aromatic heterocycles. The Morgan fingerprint density at radius 1 is 1.15 bits per heavy atom. The number of amides is 1. The Morgan fingerprint density at radius 3 is 2.74 bits per heavy atom. The van der Waals surface area contributed by atoms with Gasteiger partial charge in [0.15, 0.2) is 0 Å². The van der Waals surface area contributed by atoms with Crippen LogP contribution < -0.4 is 4.74 Å². The van der Waals surface area contributed by atoms with Gasteiger partial charge in [0.05, 0.1) is 11.6 Å². The molecule has 5 nitrogen and oxygen atoms in total. The maximum absolute atomic E-state index is 11.6. The molecule has 6 heteroatoms. The number of benzene rings is 2. The van der Waals surface area contributed by atoms with E-state index in [-0.39, 0.29) is 5.92 Å². The van der Waals surface area contributed by atoms with Gasteiger partial charge in [-0.1, -0.05) is 41.9 Å². The summed E-state index contributed by atoms with van der Waals surface area (Å²) >= 11 is 6.16. The minimum absolute atomic E-state index is 0.0680. The fraction of sp³-hybridized carbons (Fsp3) is 0.286. The molecule has 0 fully saturated rings. The molecule has 4 rings (SSSR count). The second-order valence-corrected chi connectivity index (χ2v) is 7.18. The molecule has 2 aromatic carbocycles. The Labute approximate surface area is 162 Å². The van der Waals surface area contributed by atoms with Gasteiger partial charge in [0.1, 0.15) is 5.75 Å². The van der Waals surface area contributed by atoms with E-state index in [4.69, 9.17) is 16.3 Å². The largest absolute Gasteiger partial charge is 0.492 e. The standard InChI is InChI=1S/C21H21ClN2O3/c22-17-6-2-4-8-20(17)27-12-9-16-14-23(21(25)26)10-11-24-18-7-3-1-5-15(18)13-19(16)24/h1-8,13,16H,9-12,14H2,(H,25,26). The topological polar surface area (TPSA) is 54.7 Å². The van der Waals surface area contributed by atoms with Crippen molar-refractivity contribution < 1.29 is 14.6 Å². The summed E-state index contributed by atoms with van der Waals surface area (Å²) in [7, 11) is 0. The van der Waals surface area contributed by atoms with E-state index in [9.17, 15) is 9.90 Å². The highest BCUT2D eigenvalue weighted by atomic mass is 35.5. The lowest BCUT2D eigenvalue weighted by atomic mass is 10.0. The van der Waals surface area contributed by atoms with Crippen LogP contribution in [0.25, 0.3) is 10.9 Å². The van der Waals surface area contributed by atoms with Crippen molar-refractivity contribution in [1.29, 1.82) is 0 Å². The number of nitrogens with zero attached hydrogens (tertiary/aromatic N) is 2. The molecule has 1 amide bonds. The Kier molecular flexibility index (Phi) is 4.94. The van der Waals surface area contributed by atoms with Crippen LogP contribution in [-0.2, 0) is 6.54 Å². The first kappa shape index (κ1) is 17.7. The number of halogens is 1. The molecule has 0 bridgehead atoms. The molecule has 0 saturated carbocycles. The van der Waals surface area contributed by atoms with Gasteiger partial charge in [0, 0.05) is 36.8 Å². The number of carbonyl (C=O) groups is 1. The molecule has 1 unspecified atom stereocenters. The van der Waals surface area contributed by atoms with Gasteiger partial charge in [-0.25, -0.2) is 4.79 Å². The number of hydrogen-bond acceptors (Lipinski definition) is 2. The molecule has 0 spiro atoms. The van der Waals surface area contributed by atoms with E-state index in [1.807, 2.05) is 30.3 Å². The summed E-state index contributed by atoms with van der Waals surface area (Å²) < 4.78 is 8.11. The van der Waals surface area contributed by atoms with Gasteiger partial charge in [-0.3, -0.25) is 0 Å². The zero-order valence-corrected chi connectivity index (χ0v) is 15.6. The third-order valence-corrected chi connectivity index (χ3v) is 5.44. The van der Waals surface area contributed by atoms with E-state index < -0.39 is 6.09 Å². The summed E-state index contributed by atoms with van der Waals surface area (Å²) in [6, 6.07) is 17.8. The molecule has 0 radical (unpaired) electrons. The molecule has 2 heterocycles. The molecule has 1 aliphatic heterocycles. The van der Waals surface area contributed by atoms with Crippen LogP contribution in [0, 0.1) is 0 Å². The predicted molar refractivity (Wildman–Crippen MR) is 106 cm³/mol. The maximum atomic E-state index is 11.6. The van der Waals surface area contributed by atoms with Crippen LogP contribution in [-0.4, -0.2) is 40.4 Å². The molecular weight excluding hydrogens is 364 g/mol. The lowest BCUT2D eigenvalue weighted by Gasteiger charge is -2.21. The maximum Gasteiger partial charge on any atom is 0.407 e. The second kappa shape index (κ2) is 7.53. The first-order valence-electron chi connectivity index (χ1n) is 9.07. The molecule has 27 heavy (non-hydrogen) atoms. The minimum atomic E-state index is -0.873. The van der Waals surface area contributed by atoms with Crippen LogP contribution in [0.3, 0.4) is 0 Å². The van der Waals surface area contributed by atoms with Crippen LogP contribution in [0.15, 0.2) is 54.6 Å². The van der Waals surface area contributed by atoms with Crippen molar-refractivity contribution in [2.75, 3.05) is 19.7 Å². The molecule has 140 valence electrons. The smallest absolute Gasteiger partial charge is 0.407 e. The third-order valence-electron chi connectivity index (χ3n) is 5.13.